The second-order valence-corrected chi connectivity index (χ2v) is 3.45. The van der Waals surface area contributed by atoms with E-state index in [9.17, 15) is 0 Å². The first kappa shape index (κ1) is 11.2. The lowest BCUT2D eigenvalue weighted by atomic mass is 10.1. The third kappa shape index (κ3) is 2.33. The lowest BCUT2D eigenvalue weighted by Gasteiger charge is -2.24. The van der Waals surface area contributed by atoms with Crippen LogP contribution in [0.5, 0.6) is 0 Å². The van der Waals surface area contributed by atoms with Crippen molar-refractivity contribution in [3.63, 3.8) is 0 Å². The molecule has 4 heteroatoms. The molecular weight excluding hydrogens is 176 g/mol. The van der Waals surface area contributed by atoms with Gasteiger partial charge in [-0.05, 0) is 20.5 Å². The Bertz CT molecular complexity index is 269. The average Bonchev–Trinajstić information content (AvgIpc) is 2.67. The first-order valence-corrected chi connectivity index (χ1v) is 5.15. The summed E-state index contributed by atoms with van der Waals surface area (Å²) in [7, 11) is 2.08. The number of nitrogens with two attached hydrogens (primary N) is 1. The molecule has 1 atom stereocenters. The zero-order valence-electron chi connectivity index (χ0n) is 9.27. The second-order valence-electron chi connectivity index (χ2n) is 3.45. The van der Waals surface area contributed by atoms with Crippen LogP contribution >= 0.6 is 0 Å². The number of likely N-dealkylation sites (N-methyl/N-ethyl adjacent to an activating group) is 1. The molecule has 4 nitrogen and oxygen atoms in total. The van der Waals surface area contributed by atoms with Crippen molar-refractivity contribution in [2.45, 2.75) is 26.4 Å². The SMILES string of the molecule is CCN(C)C(CN)c1cnn(CC)c1. The normalized spacial score (nSPS) is 13.5. The minimum absolute atomic E-state index is 0.292. The van der Waals surface area contributed by atoms with E-state index in [1.807, 2.05) is 10.9 Å². The van der Waals surface area contributed by atoms with Crippen LogP contribution in [0.25, 0.3) is 0 Å². The van der Waals surface area contributed by atoms with Gasteiger partial charge in [0.1, 0.15) is 0 Å². The van der Waals surface area contributed by atoms with E-state index in [1.54, 1.807) is 0 Å². The van der Waals surface area contributed by atoms with E-state index in [-0.39, 0.29) is 0 Å². The molecule has 14 heavy (non-hydrogen) atoms. The predicted octanol–water partition coefficient (Wildman–Crippen LogP) is 0.854. The standard InChI is InChI=1S/C10H20N4/c1-4-13(3)10(6-11)9-7-12-14(5-2)8-9/h7-8,10H,4-6,11H2,1-3H3. The summed E-state index contributed by atoms with van der Waals surface area (Å²) in [5.74, 6) is 0. The Hall–Kier alpha value is -0.870. The average molecular weight is 196 g/mol. The molecule has 1 rings (SSSR count). The highest BCUT2D eigenvalue weighted by Crippen LogP contribution is 2.16. The highest BCUT2D eigenvalue weighted by Gasteiger charge is 2.15. The van der Waals surface area contributed by atoms with Gasteiger partial charge in [0, 0.05) is 30.9 Å². The minimum atomic E-state index is 0.292. The van der Waals surface area contributed by atoms with E-state index >= 15 is 0 Å². The molecule has 0 aromatic carbocycles. The molecule has 0 aliphatic carbocycles. The predicted molar refractivity (Wildman–Crippen MR) is 58.0 cm³/mol. The van der Waals surface area contributed by atoms with Gasteiger partial charge in [0.05, 0.1) is 6.20 Å². The molecule has 0 radical (unpaired) electrons. The molecule has 0 fully saturated rings. The molecule has 1 heterocycles. The maximum Gasteiger partial charge on any atom is 0.0538 e. The molecule has 2 N–H and O–H groups in total. The molecule has 0 spiro atoms. The molecule has 1 aromatic rings. The van der Waals surface area contributed by atoms with E-state index < -0.39 is 0 Å². The van der Waals surface area contributed by atoms with Crippen LogP contribution in [0.15, 0.2) is 12.4 Å². The first-order chi connectivity index (χ1) is 6.72. The summed E-state index contributed by atoms with van der Waals surface area (Å²) >= 11 is 0. The molecule has 0 aliphatic heterocycles. The molecular formula is C10H20N4. The Labute approximate surface area is 85.7 Å². The van der Waals surface area contributed by atoms with Gasteiger partial charge in [0.15, 0.2) is 0 Å². The largest absolute Gasteiger partial charge is 0.329 e. The summed E-state index contributed by atoms with van der Waals surface area (Å²) in [6.07, 6.45) is 3.98. The van der Waals surface area contributed by atoms with Gasteiger partial charge in [-0.1, -0.05) is 6.92 Å². The molecule has 0 saturated heterocycles. The van der Waals surface area contributed by atoms with Crippen molar-refractivity contribution < 1.29 is 0 Å². The molecule has 80 valence electrons. The monoisotopic (exact) mass is 196 g/mol. The fraction of sp³-hybridized carbons (Fsp3) is 0.700. The van der Waals surface area contributed by atoms with Crippen LogP contribution in [0, 0.1) is 0 Å². The zero-order chi connectivity index (χ0) is 10.6. The zero-order valence-corrected chi connectivity index (χ0v) is 9.27. The summed E-state index contributed by atoms with van der Waals surface area (Å²) in [6.45, 7) is 6.76. The quantitative estimate of drug-likeness (QED) is 0.759. The van der Waals surface area contributed by atoms with Crippen molar-refractivity contribution in [1.29, 1.82) is 0 Å². The van der Waals surface area contributed by atoms with Crippen LogP contribution in [0.2, 0.25) is 0 Å². The smallest absolute Gasteiger partial charge is 0.0538 e. The van der Waals surface area contributed by atoms with Crippen LogP contribution in [0.1, 0.15) is 25.5 Å². The van der Waals surface area contributed by atoms with Gasteiger partial charge in [-0.25, -0.2) is 0 Å². The number of hydrogen-bond donors (Lipinski definition) is 1. The first-order valence-electron chi connectivity index (χ1n) is 5.15. The Kier molecular flexibility index (Phi) is 4.10. The van der Waals surface area contributed by atoms with Gasteiger partial charge < -0.3 is 5.73 Å². The maximum atomic E-state index is 5.75. The van der Waals surface area contributed by atoms with Gasteiger partial charge >= 0.3 is 0 Å². The number of rotatable bonds is 5. The number of aromatic nitrogens is 2. The van der Waals surface area contributed by atoms with Crippen molar-refractivity contribution in [3.05, 3.63) is 18.0 Å². The fourth-order valence-corrected chi connectivity index (χ4v) is 1.52. The van der Waals surface area contributed by atoms with Crippen molar-refractivity contribution in [2.75, 3.05) is 20.1 Å². The van der Waals surface area contributed by atoms with Crippen LogP contribution in [0.4, 0.5) is 0 Å². The van der Waals surface area contributed by atoms with E-state index in [0.717, 1.165) is 13.1 Å². The molecule has 0 amide bonds. The summed E-state index contributed by atoms with van der Waals surface area (Å²) in [5, 5.41) is 4.25. The number of nitrogens with zero attached hydrogens (tertiary/aromatic N) is 3. The van der Waals surface area contributed by atoms with Crippen molar-refractivity contribution in [1.82, 2.24) is 14.7 Å². The molecule has 1 aromatic heterocycles. The van der Waals surface area contributed by atoms with E-state index in [2.05, 4.69) is 37.1 Å². The van der Waals surface area contributed by atoms with E-state index in [4.69, 9.17) is 5.73 Å². The van der Waals surface area contributed by atoms with E-state index in [0.29, 0.717) is 12.6 Å². The summed E-state index contributed by atoms with van der Waals surface area (Å²) in [6, 6.07) is 0.292. The lowest BCUT2D eigenvalue weighted by molar-refractivity contribution is 0.263. The molecule has 0 saturated carbocycles. The maximum absolute atomic E-state index is 5.75. The van der Waals surface area contributed by atoms with Crippen LogP contribution in [-0.2, 0) is 6.54 Å². The summed E-state index contributed by atoms with van der Waals surface area (Å²) < 4.78 is 1.93. The Morgan fingerprint density at radius 1 is 1.57 bits per heavy atom. The van der Waals surface area contributed by atoms with Gasteiger partial charge in [-0.2, -0.15) is 5.10 Å². The number of aryl methyl sites for hydroxylation is 1. The van der Waals surface area contributed by atoms with Gasteiger partial charge in [-0.3, -0.25) is 9.58 Å². The van der Waals surface area contributed by atoms with Crippen LogP contribution in [-0.4, -0.2) is 34.8 Å². The lowest BCUT2D eigenvalue weighted by Crippen LogP contribution is -2.30. The second kappa shape index (κ2) is 5.12. The highest BCUT2D eigenvalue weighted by atomic mass is 15.3. The van der Waals surface area contributed by atoms with Gasteiger partial charge in [0.25, 0.3) is 0 Å². The summed E-state index contributed by atoms with van der Waals surface area (Å²) in [5.41, 5.74) is 6.96. The third-order valence-electron chi connectivity index (χ3n) is 2.62. The van der Waals surface area contributed by atoms with Crippen LogP contribution in [0.3, 0.4) is 0 Å². The number of hydrogen-bond acceptors (Lipinski definition) is 3. The van der Waals surface area contributed by atoms with E-state index in [1.165, 1.54) is 5.56 Å². The van der Waals surface area contributed by atoms with Crippen LogP contribution < -0.4 is 5.73 Å². The fourth-order valence-electron chi connectivity index (χ4n) is 1.52. The Morgan fingerprint density at radius 3 is 2.71 bits per heavy atom. The molecule has 0 bridgehead atoms. The van der Waals surface area contributed by atoms with Crippen molar-refractivity contribution in [3.8, 4) is 0 Å². The topological polar surface area (TPSA) is 47.1 Å². The Morgan fingerprint density at radius 2 is 2.29 bits per heavy atom. The van der Waals surface area contributed by atoms with Crippen molar-refractivity contribution in [2.24, 2.45) is 5.73 Å². The Balaban J connectivity index is 2.78. The van der Waals surface area contributed by atoms with Crippen molar-refractivity contribution >= 4 is 0 Å². The van der Waals surface area contributed by atoms with Gasteiger partial charge in [0.2, 0.25) is 0 Å². The highest BCUT2D eigenvalue weighted by molar-refractivity contribution is 5.11. The van der Waals surface area contributed by atoms with Gasteiger partial charge in [-0.15, -0.1) is 0 Å². The summed E-state index contributed by atoms with van der Waals surface area (Å²) in [4.78, 5) is 2.23. The third-order valence-corrected chi connectivity index (χ3v) is 2.62. The molecule has 0 aliphatic rings. The minimum Gasteiger partial charge on any atom is -0.329 e. The molecule has 1 unspecified atom stereocenters.